The van der Waals surface area contributed by atoms with E-state index < -0.39 is 5.97 Å². The molecule has 4 amide bonds. The highest BCUT2D eigenvalue weighted by Crippen LogP contribution is 2.68. The minimum atomic E-state index is -0.676. The normalized spacial score (nSPS) is 36.6. The Labute approximate surface area is 333 Å². The number of ether oxygens (including phenoxy) is 1. The van der Waals surface area contributed by atoms with Gasteiger partial charge >= 0.3 is 18.0 Å². The number of carboxylic acid groups (broad SMARTS) is 1. The molecule has 0 bridgehead atoms. The molecule has 2 aliphatic heterocycles. The maximum absolute atomic E-state index is 12.8. The van der Waals surface area contributed by atoms with Crippen molar-refractivity contribution in [2.75, 3.05) is 18.8 Å². The van der Waals surface area contributed by atoms with Gasteiger partial charge in [0.15, 0.2) is 0 Å². The second-order valence-corrected chi connectivity index (χ2v) is 20.1. The van der Waals surface area contributed by atoms with Gasteiger partial charge in [0, 0.05) is 43.4 Å². The molecular weight excluding hydrogens is 717 g/mol. The summed E-state index contributed by atoms with van der Waals surface area (Å²) in [5.41, 5.74) is 0.634. The summed E-state index contributed by atoms with van der Waals surface area (Å²) >= 11 is 1.90. The molecule has 6 fully saturated rings. The van der Waals surface area contributed by atoms with Crippen LogP contribution in [0.5, 0.6) is 0 Å². The second kappa shape index (κ2) is 18.8. The van der Waals surface area contributed by atoms with Gasteiger partial charge < -0.3 is 31.1 Å². The lowest BCUT2D eigenvalue weighted by Crippen LogP contribution is -2.54. The average Bonchev–Trinajstić information content (AvgIpc) is 3.82. The largest absolute Gasteiger partial charge is 0.481 e. The Morgan fingerprint density at radius 3 is 2.35 bits per heavy atom. The monoisotopic (exact) mass is 786 g/mol. The third kappa shape index (κ3) is 10.2. The van der Waals surface area contributed by atoms with Crippen molar-refractivity contribution in [3.63, 3.8) is 0 Å². The minimum absolute atomic E-state index is 0.0303. The van der Waals surface area contributed by atoms with E-state index in [9.17, 15) is 29.1 Å². The second-order valence-electron chi connectivity index (χ2n) is 18.8. The van der Waals surface area contributed by atoms with Crippen molar-refractivity contribution >= 4 is 41.5 Å². The smallest absolute Gasteiger partial charge is 0.315 e. The van der Waals surface area contributed by atoms with E-state index >= 15 is 0 Å². The number of rotatable bonds is 19. The number of hydrogen-bond donors (Lipinski definition) is 5. The van der Waals surface area contributed by atoms with E-state index in [-0.39, 0.29) is 54.8 Å². The van der Waals surface area contributed by atoms with E-state index in [4.69, 9.17) is 4.74 Å². The number of thioether (sulfide) groups is 1. The van der Waals surface area contributed by atoms with Crippen molar-refractivity contribution in [2.24, 2.45) is 46.3 Å². The van der Waals surface area contributed by atoms with E-state index in [0.29, 0.717) is 59.8 Å². The first kappa shape index (κ1) is 42.1. The summed E-state index contributed by atoms with van der Waals surface area (Å²) < 4.78 is 6.00. The quantitative estimate of drug-likeness (QED) is 0.0533. The molecule has 0 spiro atoms. The van der Waals surface area contributed by atoms with Gasteiger partial charge in [-0.25, -0.2) is 4.79 Å². The summed E-state index contributed by atoms with van der Waals surface area (Å²) in [4.78, 5) is 60.2. The van der Waals surface area contributed by atoms with Crippen LogP contribution >= 0.6 is 11.8 Å². The minimum Gasteiger partial charge on any atom is -0.481 e. The zero-order valence-electron chi connectivity index (χ0n) is 33.8. The zero-order chi connectivity index (χ0) is 39.2. The number of nitrogens with one attached hydrogen (secondary N) is 4. The fraction of sp³-hybridized carbons (Fsp3) is 0.884. The SMILES string of the molecule is C[C@H](CCC(=O)O)[C@H]1CC[C@H]2[C@@H]3CC[C@@H]4C[C@@H](OC(=O)CCNC(=O)CCCCCNC(=O)CCCCC5SCC6NC(=O)NC65)CC[C@]4(C)[C@H]3CC[C@]12C. The first-order chi connectivity index (χ1) is 26.4. The van der Waals surface area contributed by atoms with E-state index in [0.717, 1.165) is 87.7 Å². The molecular formula is C43H70N4O7S. The topological polar surface area (TPSA) is 163 Å². The van der Waals surface area contributed by atoms with Gasteiger partial charge in [-0.2, -0.15) is 11.8 Å². The predicted molar refractivity (Wildman–Crippen MR) is 214 cm³/mol. The number of carboxylic acids is 1. The van der Waals surface area contributed by atoms with Crippen LogP contribution in [0.2, 0.25) is 0 Å². The molecule has 55 heavy (non-hydrogen) atoms. The van der Waals surface area contributed by atoms with Crippen LogP contribution in [0, 0.1) is 46.3 Å². The summed E-state index contributed by atoms with van der Waals surface area (Å²) in [6, 6.07) is 0.391. The molecule has 4 saturated carbocycles. The van der Waals surface area contributed by atoms with Crippen molar-refractivity contribution < 1.29 is 33.8 Å². The van der Waals surface area contributed by atoms with Gasteiger partial charge in [-0.1, -0.05) is 33.6 Å². The molecule has 2 saturated heterocycles. The Bertz CT molecular complexity index is 1380. The highest BCUT2D eigenvalue weighted by Gasteiger charge is 2.60. The van der Waals surface area contributed by atoms with Crippen LogP contribution in [0.1, 0.15) is 149 Å². The number of urea groups is 1. The number of fused-ring (bicyclic) bond motifs is 6. The third-order valence-corrected chi connectivity index (χ3v) is 17.1. The molecule has 4 aliphatic carbocycles. The van der Waals surface area contributed by atoms with Crippen LogP contribution < -0.4 is 21.3 Å². The maximum Gasteiger partial charge on any atom is 0.315 e. The summed E-state index contributed by atoms with van der Waals surface area (Å²) in [5.74, 6) is 4.01. The Balaban J connectivity index is 0.793. The van der Waals surface area contributed by atoms with Crippen LogP contribution in [-0.2, 0) is 23.9 Å². The van der Waals surface area contributed by atoms with Crippen LogP contribution in [0.25, 0.3) is 0 Å². The zero-order valence-corrected chi connectivity index (χ0v) is 34.7. The summed E-state index contributed by atoms with van der Waals surface area (Å²) in [7, 11) is 0. The van der Waals surface area contributed by atoms with Crippen LogP contribution in [-0.4, -0.2) is 77.2 Å². The summed E-state index contributed by atoms with van der Waals surface area (Å²) in [6.07, 6.45) is 18.0. The third-order valence-electron chi connectivity index (χ3n) is 15.6. The molecule has 12 heteroatoms. The van der Waals surface area contributed by atoms with Gasteiger partial charge in [-0.3, -0.25) is 19.2 Å². The van der Waals surface area contributed by atoms with E-state index in [1.165, 1.54) is 38.5 Å². The van der Waals surface area contributed by atoms with Gasteiger partial charge in [0.2, 0.25) is 11.8 Å². The number of carbonyl (C=O) groups is 5. The van der Waals surface area contributed by atoms with E-state index in [1.54, 1.807) is 0 Å². The Morgan fingerprint density at radius 1 is 0.836 bits per heavy atom. The molecule has 0 aromatic heterocycles. The summed E-state index contributed by atoms with van der Waals surface area (Å²) in [5, 5.41) is 21.6. The molecule has 0 aromatic rings. The van der Waals surface area contributed by atoms with Gasteiger partial charge in [0.1, 0.15) is 6.10 Å². The molecule has 12 atom stereocenters. The Morgan fingerprint density at radius 2 is 1.56 bits per heavy atom. The maximum atomic E-state index is 12.8. The first-order valence-electron chi connectivity index (χ1n) is 22.0. The average molecular weight is 787 g/mol. The standard InChI is InChI=1S/C43H70N4O7S/c1-27(12-17-38(50)51)31-15-16-32-30-14-13-28-25-29(18-21-42(28,2)33(30)19-22-43(31,32)3)54-39(52)20-24-45-37(49)10-5-4-8-23-44-36(48)11-7-6-9-35-40-34(26-55-35)46-41(53)47-40/h27-35,40H,4-26H2,1-3H3,(H,44,48)(H,45,49)(H,50,51)(H2,46,47,53)/t27-,28-,29+,30+,31-,32+,33+,34?,35?,40?,42+,43-/m1/s1. The first-order valence-corrected chi connectivity index (χ1v) is 23.1. The predicted octanol–water partition coefficient (Wildman–Crippen LogP) is 6.97. The number of esters is 1. The van der Waals surface area contributed by atoms with Crippen LogP contribution in [0.4, 0.5) is 4.79 Å². The van der Waals surface area contributed by atoms with Crippen molar-refractivity contribution in [2.45, 2.75) is 173 Å². The number of aliphatic carboxylic acids is 1. The molecule has 0 radical (unpaired) electrons. The highest BCUT2D eigenvalue weighted by atomic mass is 32.2. The Kier molecular flexibility index (Phi) is 14.4. The molecule has 3 unspecified atom stereocenters. The molecule has 11 nitrogen and oxygen atoms in total. The number of amides is 4. The number of carbonyl (C=O) groups excluding carboxylic acids is 4. The molecule has 310 valence electrons. The lowest BCUT2D eigenvalue weighted by molar-refractivity contribution is -0.162. The van der Waals surface area contributed by atoms with E-state index in [1.807, 2.05) is 11.8 Å². The molecule has 6 aliphatic rings. The molecule has 0 aromatic carbocycles. The van der Waals surface area contributed by atoms with Gasteiger partial charge in [-0.15, -0.1) is 0 Å². The van der Waals surface area contributed by atoms with Crippen molar-refractivity contribution in [1.82, 2.24) is 21.3 Å². The Hall–Kier alpha value is -2.50. The van der Waals surface area contributed by atoms with Crippen LogP contribution in [0.3, 0.4) is 0 Å². The van der Waals surface area contributed by atoms with Gasteiger partial charge in [-0.05, 0) is 136 Å². The summed E-state index contributed by atoms with van der Waals surface area (Å²) in [6.45, 7) is 8.28. The van der Waals surface area contributed by atoms with Crippen molar-refractivity contribution in [1.29, 1.82) is 0 Å². The molecule has 2 heterocycles. The van der Waals surface area contributed by atoms with Crippen LogP contribution in [0.15, 0.2) is 0 Å². The lowest BCUT2D eigenvalue weighted by Gasteiger charge is -2.61. The molecule has 6 rings (SSSR count). The number of hydrogen-bond acceptors (Lipinski definition) is 7. The fourth-order valence-corrected chi connectivity index (χ4v) is 14.2. The number of unbranched alkanes of at least 4 members (excludes halogenated alkanes) is 3. The van der Waals surface area contributed by atoms with E-state index in [2.05, 4.69) is 42.0 Å². The van der Waals surface area contributed by atoms with Crippen molar-refractivity contribution in [3.05, 3.63) is 0 Å². The fourth-order valence-electron chi connectivity index (χ4n) is 12.7. The van der Waals surface area contributed by atoms with Crippen molar-refractivity contribution in [3.8, 4) is 0 Å². The highest BCUT2D eigenvalue weighted by molar-refractivity contribution is 8.00. The van der Waals surface area contributed by atoms with Gasteiger partial charge in [0.05, 0.1) is 18.5 Å². The lowest BCUT2D eigenvalue weighted by atomic mass is 9.44. The molecule has 5 N–H and O–H groups in total. The van der Waals surface area contributed by atoms with Gasteiger partial charge in [0.25, 0.3) is 0 Å².